The molecule has 4 nitrogen and oxygen atoms in total. The van der Waals surface area contributed by atoms with Crippen LogP contribution in [0.2, 0.25) is 0 Å². The lowest BCUT2D eigenvalue weighted by atomic mass is 10.3. The van der Waals surface area contributed by atoms with Gasteiger partial charge in [0.25, 0.3) is 5.91 Å². The summed E-state index contributed by atoms with van der Waals surface area (Å²) in [6.07, 6.45) is 2.96. The molecule has 0 spiro atoms. The van der Waals surface area contributed by atoms with Crippen molar-refractivity contribution in [2.24, 2.45) is 0 Å². The summed E-state index contributed by atoms with van der Waals surface area (Å²) >= 11 is 0. The Bertz CT molecular complexity index is 257. The molecule has 0 saturated carbocycles. The quantitative estimate of drug-likeness (QED) is 0.740. The molecule has 13 heavy (non-hydrogen) atoms. The van der Waals surface area contributed by atoms with Crippen molar-refractivity contribution >= 4 is 5.91 Å². The maximum atomic E-state index is 11.5. The average molecular weight is 182 g/mol. The number of nitrogens with one attached hydrogen (secondary N) is 1. The second-order valence-electron chi connectivity index (χ2n) is 2.84. The van der Waals surface area contributed by atoms with Crippen molar-refractivity contribution in [3.63, 3.8) is 0 Å². The summed E-state index contributed by atoms with van der Waals surface area (Å²) in [5.74, 6) is -0.0102. The van der Waals surface area contributed by atoms with Crippen molar-refractivity contribution in [3.8, 4) is 0 Å². The fourth-order valence-electron chi connectivity index (χ4n) is 0.988. The van der Waals surface area contributed by atoms with Gasteiger partial charge in [0.05, 0.1) is 11.8 Å². The number of rotatable bonds is 4. The smallest absolute Gasteiger partial charge is 0.256 e. The Kier molecular flexibility index (Phi) is 3.52. The molecule has 4 heteroatoms. The van der Waals surface area contributed by atoms with Crippen LogP contribution in [0.1, 0.15) is 10.4 Å². The van der Waals surface area contributed by atoms with Crippen molar-refractivity contribution < 1.29 is 9.21 Å². The highest BCUT2D eigenvalue weighted by Gasteiger charge is 2.11. The summed E-state index contributed by atoms with van der Waals surface area (Å²) in [5, 5.41) is 2.98. The van der Waals surface area contributed by atoms with Gasteiger partial charge in [-0.2, -0.15) is 0 Å². The minimum atomic E-state index is -0.0102. The molecule has 1 N–H and O–H groups in total. The van der Waals surface area contributed by atoms with Gasteiger partial charge in [-0.3, -0.25) is 4.79 Å². The summed E-state index contributed by atoms with van der Waals surface area (Å²) in [6.45, 7) is 1.49. The van der Waals surface area contributed by atoms with E-state index in [-0.39, 0.29) is 5.91 Å². The Balaban J connectivity index is 2.48. The van der Waals surface area contributed by atoms with E-state index in [4.69, 9.17) is 4.42 Å². The molecule has 0 saturated heterocycles. The maximum Gasteiger partial charge on any atom is 0.256 e. The third-order valence-corrected chi connectivity index (χ3v) is 1.81. The van der Waals surface area contributed by atoms with E-state index in [2.05, 4.69) is 5.32 Å². The van der Waals surface area contributed by atoms with Crippen molar-refractivity contribution in [2.45, 2.75) is 0 Å². The van der Waals surface area contributed by atoms with Crippen LogP contribution in [0.3, 0.4) is 0 Å². The number of carbonyl (C=O) groups is 1. The van der Waals surface area contributed by atoms with Crippen LogP contribution in [0.15, 0.2) is 23.0 Å². The van der Waals surface area contributed by atoms with Crippen LogP contribution < -0.4 is 5.32 Å². The molecule has 0 unspecified atom stereocenters. The van der Waals surface area contributed by atoms with Crippen molar-refractivity contribution in [1.82, 2.24) is 10.2 Å². The largest absolute Gasteiger partial charge is 0.472 e. The summed E-state index contributed by atoms with van der Waals surface area (Å²) in [4.78, 5) is 13.2. The summed E-state index contributed by atoms with van der Waals surface area (Å²) < 4.78 is 4.83. The van der Waals surface area contributed by atoms with Crippen LogP contribution in [-0.4, -0.2) is 38.0 Å². The average Bonchev–Trinajstić information content (AvgIpc) is 2.65. The highest BCUT2D eigenvalue weighted by atomic mass is 16.3. The first-order valence-corrected chi connectivity index (χ1v) is 4.18. The van der Waals surface area contributed by atoms with Gasteiger partial charge in [0, 0.05) is 20.1 Å². The van der Waals surface area contributed by atoms with Crippen molar-refractivity contribution in [1.29, 1.82) is 0 Å². The minimum Gasteiger partial charge on any atom is -0.472 e. The zero-order chi connectivity index (χ0) is 9.68. The van der Waals surface area contributed by atoms with E-state index in [9.17, 15) is 4.79 Å². The second-order valence-corrected chi connectivity index (χ2v) is 2.84. The lowest BCUT2D eigenvalue weighted by molar-refractivity contribution is 0.0796. The topological polar surface area (TPSA) is 45.5 Å². The number of carbonyl (C=O) groups excluding carboxylic acids is 1. The van der Waals surface area contributed by atoms with E-state index in [0.717, 1.165) is 6.54 Å². The normalized spacial score (nSPS) is 10.0. The number of hydrogen-bond acceptors (Lipinski definition) is 3. The molecular weight excluding hydrogens is 168 g/mol. The van der Waals surface area contributed by atoms with Gasteiger partial charge in [-0.15, -0.1) is 0 Å². The van der Waals surface area contributed by atoms with Crippen molar-refractivity contribution in [3.05, 3.63) is 24.2 Å². The molecule has 0 aliphatic carbocycles. The SMILES string of the molecule is CNCCN(C)C(=O)c1ccoc1. The zero-order valence-electron chi connectivity index (χ0n) is 7.91. The first kappa shape index (κ1) is 9.80. The third kappa shape index (κ3) is 2.59. The summed E-state index contributed by atoms with van der Waals surface area (Å²) in [6, 6.07) is 1.66. The molecule has 1 aromatic heterocycles. The molecule has 1 aromatic rings. The van der Waals surface area contributed by atoms with E-state index in [1.807, 2.05) is 7.05 Å². The molecule has 0 atom stereocenters. The van der Waals surface area contributed by atoms with E-state index in [1.54, 1.807) is 18.0 Å². The molecule has 0 bridgehead atoms. The maximum absolute atomic E-state index is 11.5. The predicted molar refractivity (Wildman–Crippen MR) is 49.6 cm³/mol. The van der Waals surface area contributed by atoms with E-state index >= 15 is 0 Å². The minimum absolute atomic E-state index is 0.0102. The van der Waals surface area contributed by atoms with Crippen LogP contribution in [0.4, 0.5) is 0 Å². The molecular formula is C9H14N2O2. The molecule has 0 radical (unpaired) electrons. The highest BCUT2D eigenvalue weighted by Crippen LogP contribution is 2.03. The van der Waals surface area contributed by atoms with E-state index in [0.29, 0.717) is 12.1 Å². The van der Waals surface area contributed by atoms with Gasteiger partial charge >= 0.3 is 0 Å². The standard InChI is InChI=1S/C9H14N2O2/c1-10-4-5-11(2)9(12)8-3-6-13-7-8/h3,6-7,10H,4-5H2,1-2H3. The lowest BCUT2D eigenvalue weighted by Gasteiger charge is -2.15. The Labute approximate surface area is 77.5 Å². The van der Waals surface area contributed by atoms with Crippen LogP contribution in [0.25, 0.3) is 0 Å². The zero-order valence-corrected chi connectivity index (χ0v) is 7.91. The number of furan rings is 1. The van der Waals surface area contributed by atoms with Crippen LogP contribution in [-0.2, 0) is 0 Å². The first-order valence-electron chi connectivity index (χ1n) is 4.18. The molecule has 1 heterocycles. The summed E-state index contributed by atoms with van der Waals surface area (Å²) in [7, 11) is 3.63. The third-order valence-electron chi connectivity index (χ3n) is 1.81. The second kappa shape index (κ2) is 4.67. The number of nitrogens with zero attached hydrogens (tertiary/aromatic N) is 1. The Morgan fingerprint density at radius 1 is 1.69 bits per heavy atom. The van der Waals surface area contributed by atoms with Gasteiger partial charge in [0.2, 0.25) is 0 Å². The van der Waals surface area contributed by atoms with Gasteiger partial charge in [0.15, 0.2) is 0 Å². The number of likely N-dealkylation sites (N-methyl/N-ethyl adjacent to an activating group) is 2. The fraction of sp³-hybridized carbons (Fsp3) is 0.444. The molecule has 0 aromatic carbocycles. The molecule has 0 fully saturated rings. The lowest BCUT2D eigenvalue weighted by Crippen LogP contribution is -2.32. The fourth-order valence-corrected chi connectivity index (χ4v) is 0.988. The van der Waals surface area contributed by atoms with Crippen molar-refractivity contribution in [2.75, 3.05) is 27.2 Å². The number of hydrogen-bond donors (Lipinski definition) is 1. The molecule has 1 amide bonds. The first-order chi connectivity index (χ1) is 6.25. The predicted octanol–water partition coefficient (Wildman–Crippen LogP) is 0.571. The van der Waals surface area contributed by atoms with Gasteiger partial charge in [0.1, 0.15) is 6.26 Å². The highest BCUT2D eigenvalue weighted by molar-refractivity contribution is 5.93. The number of amides is 1. The molecule has 1 rings (SSSR count). The van der Waals surface area contributed by atoms with Crippen LogP contribution in [0.5, 0.6) is 0 Å². The molecule has 72 valence electrons. The molecule has 0 aliphatic heterocycles. The van der Waals surface area contributed by atoms with E-state index in [1.165, 1.54) is 12.5 Å². The van der Waals surface area contributed by atoms with Gasteiger partial charge in [-0.1, -0.05) is 0 Å². The van der Waals surface area contributed by atoms with Crippen LogP contribution >= 0.6 is 0 Å². The summed E-state index contributed by atoms with van der Waals surface area (Å²) in [5.41, 5.74) is 0.596. The van der Waals surface area contributed by atoms with Crippen LogP contribution in [0, 0.1) is 0 Å². The Hall–Kier alpha value is -1.29. The van der Waals surface area contributed by atoms with E-state index < -0.39 is 0 Å². The van der Waals surface area contributed by atoms with Gasteiger partial charge in [-0.05, 0) is 13.1 Å². The Morgan fingerprint density at radius 2 is 2.46 bits per heavy atom. The monoisotopic (exact) mass is 182 g/mol. The van der Waals surface area contributed by atoms with Gasteiger partial charge in [-0.25, -0.2) is 0 Å². The molecule has 0 aliphatic rings. The van der Waals surface area contributed by atoms with Gasteiger partial charge < -0.3 is 14.6 Å². The Morgan fingerprint density at radius 3 is 3.00 bits per heavy atom.